The summed E-state index contributed by atoms with van der Waals surface area (Å²) in [7, 11) is 0. The molecule has 3 atom stereocenters. The summed E-state index contributed by atoms with van der Waals surface area (Å²) in [4.78, 5) is 12.1. The number of hydrogen-bond acceptors (Lipinski definition) is 5. The van der Waals surface area contributed by atoms with E-state index in [0.29, 0.717) is 5.92 Å². The van der Waals surface area contributed by atoms with Gasteiger partial charge in [0.05, 0.1) is 24.4 Å². The van der Waals surface area contributed by atoms with E-state index in [9.17, 15) is 9.90 Å². The van der Waals surface area contributed by atoms with Gasteiger partial charge in [-0.15, -0.1) is 5.10 Å². The molecule has 7 nitrogen and oxygen atoms in total. The highest BCUT2D eigenvalue weighted by Gasteiger charge is 2.34. The van der Waals surface area contributed by atoms with E-state index < -0.39 is 0 Å². The van der Waals surface area contributed by atoms with Gasteiger partial charge in [-0.25, -0.2) is 0 Å². The molecule has 1 aliphatic carbocycles. The molecule has 7 heteroatoms. The van der Waals surface area contributed by atoms with E-state index in [1.54, 1.807) is 0 Å². The zero-order valence-corrected chi connectivity index (χ0v) is 15.2. The fourth-order valence-electron chi connectivity index (χ4n) is 3.44. The Morgan fingerprint density at radius 2 is 2.20 bits per heavy atom. The van der Waals surface area contributed by atoms with Crippen molar-refractivity contribution in [3.8, 4) is 0 Å². The van der Waals surface area contributed by atoms with Gasteiger partial charge >= 0.3 is 0 Å². The van der Waals surface area contributed by atoms with Gasteiger partial charge in [0.2, 0.25) is 5.91 Å². The number of nitrogens with one attached hydrogen (secondary N) is 1. The van der Waals surface area contributed by atoms with Crippen LogP contribution in [0.3, 0.4) is 0 Å². The van der Waals surface area contributed by atoms with Crippen molar-refractivity contribution in [1.82, 2.24) is 20.3 Å². The number of aryl methyl sites for hydroxylation is 1. The van der Waals surface area contributed by atoms with Crippen molar-refractivity contribution in [2.75, 3.05) is 6.61 Å². The number of amides is 1. The van der Waals surface area contributed by atoms with Crippen molar-refractivity contribution in [3.05, 3.63) is 11.9 Å². The van der Waals surface area contributed by atoms with Gasteiger partial charge in [-0.3, -0.25) is 9.48 Å². The van der Waals surface area contributed by atoms with E-state index in [1.165, 1.54) is 0 Å². The maximum Gasteiger partial charge on any atom is 0.223 e. The Kier molecular flexibility index (Phi) is 6.06. The summed E-state index contributed by atoms with van der Waals surface area (Å²) in [5.41, 5.74) is 0.997. The SMILES string of the molecule is CC(C)c1cn(CC[C@H]2CC[C@H](NC(=O)C3CCC3)[C@@H](CO)O2)nn1. The Bertz CT molecular complexity index is 570. The molecule has 1 saturated carbocycles. The quantitative estimate of drug-likeness (QED) is 0.780. The molecule has 1 aromatic rings. The number of rotatable bonds is 7. The van der Waals surface area contributed by atoms with E-state index in [4.69, 9.17) is 4.74 Å². The third kappa shape index (κ3) is 4.58. The first-order valence-corrected chi connectivity index (χ1v) is 9.53. The fourth-order valence-corrected chi connectivity index (χ4v) is 3.44. The molecule has 2 fully saturated rings. The minimum absolute atomic E-state index is 0.0626. The third-order valence-corrected chi connectivity index (χ3v) is 5.43. The molecule has 140 valence electrons. The van der Waals surface area contributed by atoms with Crippen molar-refractivity contribution in [1.29, 1.82) is 0 Å². The van der Waals surface area contributed by atoms with Crippen LogP contribution in [0.25, 0.3) is 0 Å². The van der Waals surface area contributed by atoms with Gasteiger partial charge in [0, 0.05) is 18.7 Å². The topological polar surface area (TPSA) is 89.3 Å². The van der Waals surface area contributed by atoms with Gasteiger partial charge in [-0.1, -0.05) is 25.5 Å². The van der Waals surface area contributed by atoms with Crippen molar-refractivity contribution in [3.63, 3.8) is 0 Å². The second-order valence-electron chi connectivity index (χ2n) is 7.65. The highest BCUT2D eigenvalue weighted by Crippen LogP contribution is 2.28. The minimum atomic E-state index is -0.315. The Balaban J connectivity index is 1.46. The zero-order valence-electron chi connectivity index (χ0n) is 15.2. The van der Waals surface area contributed by atoms with E-state index in [1.807, 2.05) is 10.9 Å². The minimum Gasteiger partial charge on any atom is -0.394 e. The van der Waals surface area contributed by atoms with Crippen LogP contribution in [-0.2, 0) is 16.1 Å². The molecule has 2 aliphatic rings. The summed E-state index contributed by atoms with van der Waals surface area (Å²) in [5, 5.41) is 21.1. The van der Waals surface area contributed by atoms with Crippen molar-refractivity contribution in [2.45, 2.75) is 83.1 Å². The van der Waals surface area contributed by atoms with Gasteiger partial charge in [-0.2, -0.15) is 0 Å². The van der Waals surface area contributed by atoms with Crippen LogP contribution in [0, 0.1) is 5.92 Å². The van der Waals surface area contributed by atoms with Gasteiger partial charge in [-0.05, 0) is 38.0 Å². The lowest BCUT2D eigenvalue weighted by atomic mass is 9.84. The first kappa shape index (κ1) is 18.3. The largest absolute Gasteiger partial charge is 0.394 e. The monoisotopic (exact) mass is 350 g/mol. The third-order valence-electron chi connectivity index (χ3n) is 5.43. The maximum atomic E-state index is 12.1. The van der Waals surface area contributed by atoms with E-state index in [2.05, 4.69) is 29.5 Å². The lowest BCUT2D eigenvalue weighted by Crippen LogP contribution is -2.52. The molecule has 1 aliphatic heterocycles. The standard InChI is InChI=1S/C18H30N4O3/c1-12(2)16-10-22(21-20-16)9-8-14-6-7-15(17(11-23)25-14)19-18(24)13-4-3-5-13/h10,12-15,17,23H,3-9,11H2,1-2H3,(H,19,24)/t14-,15+,17-/m1/s1. The van der Waals surface area contributed by atoms with Crippen LogP contribution in [-0.4, -0.2) is 50.9 Å². The van der Waals surface area contributed by atoms with E-state index in [0.717, 1.165) is 50.8 Å². The number of nitrogens with zero attached hydrogens (tertiary/aromatic N) is 3. The van der Waals surface area contributed by atoms with Crippen LogP contribution in [0.2, 0.25) is 0 Å². The van der Waals surface area contributed by atoms with Crippen LogP contribution in [0.15, 0.2) is 6.20 Å². The molecule has 1 aromatic heterocycles. The molecule has 2 heterocycles. The average molecular weight is 350 g/mol. The maximum absolute atomic E-state index is 12.1. The van der Waals surface area contributed by atoms with Gasteiger partial charge < -0.3 is 15.2 Å². The molecule has 0 spiro atoms. The van der Waals surface area contributed by atoms with Crippen molar-refractivity contribution < 1.29 is 14.6 Å². The predicted octanol–water partition coefficient (Wildman–Crippen LogP) is 1.62. The molecule has 0 radical (unpaired) electrons. The molecular formula is C18H30N4O3. The molecule has 0 aromatic carbocycles. The van der Waals surface area contributed by atoms with E-state index >= 15 is 0 Å². The summed E-state index contributed by atoms with van der Waals surface area (Å²) >= 11 is 0. The summed E-state index contributed by atoms with van der Waals surface area (Å²) in [6.07, 6.45) is 7.45. The van der Waals surface area contributed by atoms with Crippen LogP contribution in [0.5, 0.6) is 0 Å². The lowest BCUT2D eigenvalue weighted by Gasteiger charge is -2.37. The molecule has 1 amide bonds. The number of aliphatic hydroxyl groups is 1. The van der Waals surface area contributed by atoms with Gasteiger partial charge in [0.1, 0.15) is 6.10 Å². The predicted molar refractivity (Wildman–Crippen MR) is 93.0 cm³/mol. The number of carbonyl (C=O) groups is 1. The Morgan fingerprint density at radius 1 is 1.40 bits per heavy atom. The average Bonchev–Trinajstić information content (AvgIpc) is 3.01. The molecule has 0 bridgehead atoms. The Labute approximate surface area is 149 Å². The van der Waals surface area contributed by atoms with E-state index in [-0.39, 0.29) is 36.7 Å². The van der Waals surface area contributed by atoms with Gasteiger partial charge in [0.25, 0.3) is 0 Å². The van der Waals surface area contributed by atoms with Crippen molar-refractivity contribution >= 4 is 5.91 Å². The smallest absolute Gasteiger partial charge is 0.223 e. The lowest BCUT2D eigenvalue weighted by molar-refractivity contribution is -0.134. The molecular weight excluding hydrogens is 320 g/mol. The second kappa shape index (κ2) is 8.27. The molecule has 0 unspecified atom stereocenters. The molecule has 1 saturated heterocycles. The second-order valence-corrected chi connectivity index (χ2v) is 7.65. The summed E-state index contributed by atoms with van der Waals surface area (Å²) in [5.74, 6) is 0.665. The van der Waals surface area contributed by atoms with Crippen molar-refractivity contribution in [2.24, 2.45) is 5.92 Å². The summed E-state index contributed by atoms with van der Waals surface area (Å²) in [6.45, 7) is 4.89. The van der Waals surface area contributed by atoms with Crippen LogP contribution in [0.1, 0.15) is 64.0 Å². The number of carbonyl (C=O) groups excluding carboxylic acids is 1. The summed E-state index contributed by atoms with van der Waals surface area (Å²) < 4.78 is 7.89. The number of hydrogen-bond donors (Lipinski definition) is 2. The van der Waals surface area contributed by atoms with Crippen LogP contribution < -0.4 is 5.32 Å². The summed E-state index contributed by atoms with van der Waals surface area (Å²) in [6, 6.07) is -0.0757. The number of aliphatic hydroxyl groups excluding tert-OH is 1. The molecule has 3 rings (SSSR count). The highest BCUT2D eigenvalue weighted by molar-refractivity contribution is 5.79. The Morgan fingerprint density at radius 3 is 2.80 bits per heavy atom. The molecule has 2 N–H and O–H groups in total. The first-order chi connectivity index (χ1) is 12.1. The zero-order chi connectivity index (χ0) is 17.8. The van der Waals surface area contributed by atoms with Gasteiger partial charge in [0.15, 0.2) is 0 Å². The Hall–Kier alpha value is -1.47. The highest BCUT2D eigenvalue weighted by atomic mass is 16.5. The first-order valence-electron chi connectivity index (χ1n) is 9.53. The van der Waals surface area contributed by atoms with Crippen LogP contribution >= 0.6 is 0 Å². The van der Waals surface area contributed by atoms with Crippen LogP contribution in [0.4, 0.5) is 0 Å². The number of aromatic nitrogens is 3. The fraction of sp³-hybridized carbons (Fsp3) is 0.833. The molecule has 25 heavy (non-hydrogen) atoms. The number of ether oxygens (including phenoxy) is 1. The normalized spacial score (nSPS) is 27.3.